The Morgan fingerprint density at radius 1 is 0.889 bits per heavy atom. The minimum absolute atomic E-state index is 0.0532. The lowest BCUT2D eigenvalue weighted by atomic mass is 10.4. The van der Waals surface area contributed by atoms with E-state index in [0.29, 0.717) is 5.70 Å². The highest BCUT2D eigenvalue weighted by Gasteiger charge is 2.13. The molecule has 0 saturated carbocycles. The number of sulfonamides is 1. The van der Waals surface area contributed by atoms with Gasteiger partial charge in [-0.2, -0.15) is 0 Å². The van der Waals surface area contributed by atoms with Crippen molar-refractivity contribution in [3.8, 4) is 0 Å². The van der Waals surface area contributed by atoms with Gasteiger partial charge in [0, 0.05) is 5.70 Å². The van der Waals surface area contributed by atoms with Crippen molar-refractivity contribution in [2.45, 2.75) is 0 Å². The smallest absolute Gasteiger partial charge is 0.261 e. The maximum absolute atomic E-state index is 12.0. The van der Waals surface area contributed by atoms with Crippen LogP contribution < -0.4 is 4.72 Å². The van der Waals surface area contributed by atoms with Crippen molar-refractivity contribution in [1.82, 2.24) is 4.72 Å². The molecule has 0 spiro atoms. The summed E-state index contributed by atoms with van der Waals surface area (Å²) < 4.78 is 26.3. The molecule has 0 radical (unpaired) electrons. The Morgan fingerprint density at radius 3 is 2.00 bits per heavy atom. The van der Waals surface area contributed by atoms with Crippen molar-refractivity contribution in [3.63, 3.8) is 0 Å². The summed E-state index contributed by atoms with van der Waals surface area (Å²) in [4.78, 5) is 0.0532. The predicted molar refractivity (Wildman–Crippen MR) is 78.1 cm³/mol. The molecule has 0 aliphatic carbocycles. The Hall–Kier alpha value is -2.07. The van der Waals surface area contributed by atoms with Gasteiger partial charge >= 0.3 is 0 Å². The molecule has 18 heavy (non-hydrogen) atoms. The lowest BCUT2D eigenvalue weighted by Crippen LogP contribution is -2.23. The summed E-state index contributed by atoms with van der Waals surface area (Å²) in [5.74, 6) is 0. The van der Waals surface area contributed by atoms with Crippen LogP contribution in [0.5, 0.6) is 0 Å². The van der Waals surface area contributed by atoms with Crippen molar-refractivity contribution in [1.29, 1.82) is 0 Å². The van der Waals surface area contributed by atoms with Crippen molar-refractivity contribution < 1.29 is 8.42 Å². The molecule has 0 aromatic heterocycles. The Labute approximate surface area is 109 Å². The molecule has 0 aromatic rings. The minimum Gasteiger partial charge on any atom is -0.280 e. The fourth-order valence-electron chi connectivity index (χ4n) is 0.981. The van der Waals surface area contributed by atoms with Gasteiger partial charge < -0.3 is 0 Å². The zero-order chi connectivity index (χ0) is 14.0. The van der Waals surface area contributed by atoms with Gasteiger partial charge in [0.2, 0.25) is 0 Å². The van der Waals surface area contributed by atoms with E-state index in [-0.39, 0.29) is 4.91 Å². The van der Waals surface area contributed by atoms with E-state index < -0.39 is 10.0 Å². The first-order valence-electron chi connectivity index (χ1n) is 5.11. The average Bonchev–Trinajstić information content (AvgIpc) is 2.33. The third-order valence-corrected chi connectivity index (χ3v) is 3.22. The normalized spacial score (nSPS) is 13.1. The van der Waals surface area contributed by atoms with Gasteiger partial charge in [0.15, 0.2) is 0 Å². The maximum Gasteiger partial charge on any atom is 0.261 e. The molecule has 0 aliphatic rings. The van der Waals surface area contributed by atoms with Gasteiger partial charge in [-0.1, -0.05) is 50.6 Å². The number of nitrogens with one attached hydrogen (secondary N) is 1. The van der Waals surface area contributed by atoms with Crippen molar-refractivity contribution in [2.24, 2.45) is 0 Å². The van der Waals surface area contributed by atoms with Gasteiger partial charge in [0.25, 0.3) is 10.0 Å². The monoisotopic (exact) mass is 263 g/mol. The second-order valence-corrected chi connectivity index (χ2v) is 4.74. The molecule has 3 nitrogen and oxygen atoms in total. The van der Waals surface area contributed by atoms with E-state index in [2.05, 4.69) is 31.0 Å². The van der Waals surface area contributed by atoms with E-state index in [1.807, 2.05) is 0 Å². The fourth-order valence-corrected chi connectivity index (χ4v) is 2.04. The van der Waals surface area contributed by atoms with Crippen LogP contribution in [0.25, 0.3) is 0 Å². The number of hydrogen-bond donors (Lipinski definition) is 1. The van der Waals surface area contributed by atoms with E-state index in [1.54, 1.807) is 18.2 Å². The standard InChI is InChI=1S/C14H17NO2S/c1-5-9-10-12-14(8-4)18(16,17)15-13(7-3)11-6-2/h5-12,15H,1-4H2/b10-9-,13-11+,14-12+. The van der Waals surface area contributed by atoms with Crippen LogP contribution in [0, 0.1) is 0 Å². The first-order chi connectivity index (χ1) is 8.51. The molecular formula is C14H17NO2S. The van der Waals surface area contributed by atoms with Crippen LogP contribution in [0.15, 0.2) is 85.5 Å². The highest BCUT2D eigenvalue weighted by molar-refractivity contribution is 7.93. The molecule has 0 aromatic carbocycles. The Bertz CT molecular complexity index is 520. The van der Waals surface area contributed by atoms with E-state index in [1.165, 1.54) is 30.4 Å². The van der Waals surface area contributed by atoms with E-state index in [9.17, 15) is 8.42 Å². The number of rotatable bonds is 8. The maximum atomic E-state index is 12.0. The molecule has 0 amide bonds. The Kier molecular flexibility index (Phi) is 7.15. The van der Waals surface area contributed by atoms with Crippen molar-refractivity contribution >= 4 is 10.0 Å². The molecule has 0 saturated heterocycles. The second kappa shape index (κ2) is 8.08. The Balaban J connectivity index is 5.28. The molecule has 0 rings (SSSR count). The van der Waals surface area contributed by atoms with Gasteiger partial charge in [-0.25, -0.2) is 8.42 Å². The fraction of sp³-hybridized carbons (Fsp3) is 0. The summed E-state index contributed by atoms with van der Waals surface area (Å²) in [6.07, 6.45) is 11.8. The van der Waals surface area contributed by atoms with Crippen LogP contribution in [0.3, 0.4) is 0 Å². The zero-order valence-corrected chi connectivity index (χ0v) is 11.0. The van der Waals surface area contributed by atoms with Gasteiger partial charge in [0.05, 0.1) is 4.91 Å². The Morgan fingerprint density at radius 2 is 1.56 bits per heavy atom. The summed E-state index contributed by atoms with van der Waals surface area (Å²) in [7, 11) is -3.67. The lowest BCUT2D eigenvalue weighted by Gasteiger charge is -2.08. The summed E-state index contributed by atoms with van der Waals surface area (Å²) >= 11 is 0. The third-order valence-electron chi connectivity index (χ3n) is 1.79. The number of allylic oxidation sites excluding steroid dienone is 8. The highest BCUT2D eigenvalue weighted by Crippen LogP contribution is 2.08. The van der Waals surface area contributed by atoms with Crippen molar-refractivity contribution in [2.75, 3.05) is 0 Å². The van der Waals surface area contributed by atoms with Crippen LogP contribution in [0.1, 0.15) is 0 Å². The van der Waals surface area contributed by atoms with Gasteiger partial charge in [-0.05, 0) is 24.3 Å². The van der Waals surface area contributed by atoms with Gasteiger partial charge in [-0.3, -0.25) is 4.72 Å². The molecular weight excluding hydrogens is 246 g/mol. The van der Waals surface area contributed by atoms with Crippen LogP contribution >= 0.6 is 0 Å². The minimum atomic E-state index is -3.67. The zero-order valence-electron chi connectivity index (χ0n) is 10.2. The average molecular weight is 263 g/mol. The van der Waals surface area contributed by atoms with Crippen LogP contribution in [-0.4, -0.2) is 8.42 Å². The predicted octanol–water partition coefficient (Wildman–Crippen LogP) is 2.97. The summed E-state index contributed by atoms with van der Waals surface area (Å²) in [6, 6.07) is 0. The lowest BCUT2D eigenvalue weighted by molar-refractivity contribution is 0.596. The van der Waals surface area contributed by atoms with E-state index in [0.717, 1.165) is 0 Å². The topological polar surface area (TPSA) is 46.2 Å². The first kappa shape index (κ1) is 15.9. The molecule has 0 atom stereocenters. The van der Waals surface area contributed by atoms with Gasteiger partial charge in [-0.15, -0.1) is 0 Å². The molecule has 0 heterocycles. The third kappa shape index (κ3) is 5.32. The molecule has 96 valence electrons. The molecule has 0 bridgehead atoms. The molecule has 0 fully saturated rings. The largest absolute Gasteiger partial charge is 0.280 e. The molecule has 0 aliphatic heterocycles. The summed E-state index contributed by atoms with van der Waals surface area (Å²) in [6.45, 7) is 14.0. The van der Waals surface area contributed by atoms with Gasteiger partial charge in [0.1, 0.15) is 0 Å². The van der Waals surface area contributed by atoms with Crippen molar-refractivity contribution in [3.05, 3.63) is 85.5 Å². The van der Waals surface area contributed by atoms with Crippen LogP contribution in [0.2, 0.25) is 0 Å². The SMILES string of the molecule is C=C/C=C\C=C(/C=C)S(=O)(=O)N/C(C=C)=C/C=C. The number of hydrogen-bond acceptors (Lipinski definition) is 2. The summed E-state index contributed by atoms with van der Waals surface area (Å²) in [5, 5.41) is 0. The van der Waals surface area contributed by atoms with Crippen LogP contribution in [0.4, 0.5) is 0 Å². The first-order valence-corrected chi connectivity index (χ1v) is 6.60. The van der Waals surface area contributed by atoms with E-state index in [4.69, 9.17) is 0 Å². The van der Waals surface area contributed by atoms with Crippen LogP contribution in [-0.2, 0) is 10.0 Å². The molecule has 0 unspecified atom stereocenters. The second-order valence-electron chi connectivity index (χ2n) is 3.06. The molecule has 1 N–H and O–H groups in total. The molecule has 4 heteroatoms. The highest BCUT2D eigenvalue weighted by atomic mass is 32.2. The summed E-state index contributed by atoms with van der Waals surface area (Å²) in [5.41, 5.74) is 0.338. The quantitative estimate of drug-likeness (QED) is 0.684. The van der Waals surface area contributed by atoms with E-state index >= 15 is 0 Å².